The molecule has 2 aromatic rings. The Balaban J connectivity index is 2.00. The molecule has 0 spiro atoms. The van der Waals surface area contributed by atoms with Gasteiger partial charge in [-0.1, -0.05) is 31.7 Å². The first-order chi connectivity index (χ1) is 12.8. The summed E-state index contributed by atoms with van der Waals surface area (Å²) in [5.74, 6) is 0.494. The number of hydrogen-bond acceptors (Lipinski definition) is 4. The molecule has 0 aliphatic rings. The summed E-state index contributed by atoms with van der Waals surface area (Å²) in [4.78, 5) is 28.9. The fourth-order valence-corrected chi connectivity index (χ4v) is 3.54. The van der Waals surface area contributed by atoms with Gasteiger partial charge >= 0.3 is 0 Å². The average molecular weight is 389 g/mol. The molecule has 2 N–H and O–H groups in total. The number of anilines is 1. The third-order valence-electron chi connectivity index (χ3n) is 4.05. The number of rotatable bonds is 8. The predicted molar refractivity (Wildman–Crippen MR) is 110 cm³/mol. The first-order valence-corrected chi connectivity index (χ1v) is 10.1. The number of amides is 2. The Morgan fingerprint density at radius 1 is 1.26 bits per heavy atom. The van der Waals surface area contributed by atoms with Crippen molar-refractivity contribution in [1.29, 1.82) is 0 Å². The summed E-state index contributed by atoms with van der Waals surface area (Å²) >= 11 is 1.43. The average Bonchev–Trinajstić information content (AvgIpc) is 2.87. The summed E-state index contributed by atoms with van der Waals surface area (Å²) in [5, 5.41) is 6.47. The second kappa shape index (κ2) is 9.60. The van der Waals surface area contributed by atoms with E-state index in [9.17, 15) is 9.59 Å². The van der Waals surface area contributed by atoms with Crippen LogP contribution in [0.2, 0.25) is 0 Å². The zero-order chi connectivity index (χ0) is 20.0. The standard InChI is InChI=1S/C20H28N4O2S/c1-6-21-19(26)16-8-7-9-17(10-16)23-18(25)12-27-20-22-14(4)15(5)24(20)11-13(2)3/h7-10,13H,6,11-12H2,1-5H3,(H,21,26)(H,23,25). The first-order valence-electron chi connectivity index (χ1n) is 9.16. The van der Waals surface area contributed by atoms with Gasteiger partial charge in [-0.3, -0.25) is 9.59 Å². The number of thioether (sulfide) groups is 1. The topological polar surface area (TPSA) is 76.0 Å². The van der Waals surface area contributed by atoms with E-state index < -0.39 is 0 Å². The molecule has 1 aromatic heterocycles. The van der Waals surface area contributed by atoms with Gasteiger partial charge in [-0.2, -0.15) is 0 Å². The van der Waals surface area contributed by atoms with E-state index in [0.29, 0.717) is 23.7 Å². The van der Waals surface area contributed by atoms with Crippen molar-refractivity contribution in [2.75, 3.05) is 17.6 Å². The number of carbonyl (C=O) groups excluding carboxylic acids is 2. The number of carbonyl (C=O) groups is 2. The third-order valence-corrected chi connectivity index (χ3v) is 5.03. The zero-order valence-electron chi connectivity index (χ0n) is 16.6. The maximum atomic E-state index is 12.3. The summed E-state index contributed by atoms with van der Waals surface area (Å²) in [6.07, 6.45) is 0. The van der Waals surface area contributed by atoms with Gasteiger partial charge in [0.25, 0.3) is 5.91 Å². The number of nitrogens with zero attached hydrogens (tertiary/aromatic N) is 2. The molecular formula is C20H28N4O2S. The summed E-state index contributed by atoms with van der Waals surface area (Å²) in [6.45, 7) is 11.7. The highest BCUT2D eigenvalue weighted by Gasteiger charge is 2.14. The van der Waals surface area contributed by atoms with E-state index in [2.05, 4.69) is 41.0 Å². The monoisotopic (exact) mass is 388 g/mol. The number of aryl methyl sites for hydroxylation is 1. The second-order valence-electron chi connectivity index (χ2n) is 6.85. The molecule has 1 heterocycles. The lowest BCUT2D eigenvalue weighted by Gasteiger charge is -2.12. The van der Waals surface area contributed by atoms with E-state index in [1.54, 1.807) is 24.3 Å². The van der Waals surface area contributed by atoms with Gasteiger partial charge in [0, 0.05) is 30.0 Å². The van der Waals surface area contributed by atoms with Crippen LogP contribution in [0.5, 0.6) is 0 Å². The molecule has 0 radical (unpaired) electrons. The quantitative estimate of drug-likeness (QED) is 0.677. The van der Waals surface area contributed by atoms with E-state index in [-0.39, 0.29) is 17.6 Å². The molecule has 0 aliphatic heterocycles. The van der Waals surface area contributed by atoms with Crippen LogP contribution in [0.1, 0.15) is 42.5 Å². The Hall–Kier alpha value is -2.28. The van der Waals surface area contributed by atoms with Gasteiger partial charge in [-0.25, -0.2) is 4.98 Å². The van der Waals surface area contributed by atoms with Crippen LogP contribution >= 0.6 is 11.8 Å². The van der Waals surface area contributed by atoms with Crippen molar-refractivity contribution in [2.24, 2.45) is 5.92 Å². The van der Waals surface area contributed by atoms with Crippen molar-refractivity contribution in [1.82, 2.24) is 14.9 Å². The van der Waals surface area contributed by atoms with E-state index in [1.165, 1.54) is 11.8 Å². The maximum Gasteiger partial charge on any atom is 0.251 e. The lowest BCUT2D eigenvalue weighted by atomic mass is 10.2. The first kappa shape index (κ1) is 21.0. The van der Waals surface area contributed by atoms with Crippen LogP contribution in [0.25, 0.3) is 0 Å². The molecule has 1 aromatic carbocycles. The van der Waals surface area contributed by atoms with Gasteiger partial charge < -0.3 is 15.2 Å². The van der Waals surface area contributed by atoms with Crippen molar-refractivity contribution in [3.63, 3.8) is 0 Å². The molecular weight excluding hydrogens is 360 g/mol. The lowest BCUT2D eigenvalue weighted by molar-refractivity contribution is -0.113. The molecule has 6 nitrogen and oxygen atoms in total. The molecule has 0 aliphatic carbocycles. The molecule has 146 valence electrons. The fraction of sp³-hybridized carbons (Fsp3) is 0.450. The highest BCUT2D eigenvalue weighted by Crippen LogP contribution is 2.23. The van der Waals surface area contributed by atoms with Crippen molar-refractivity contribution in [3.05, 3.63) is 41.2 Å². The minimum Gasteiger partial charge on any atom is -0.352 e. The Kier molecular flexibility index (Phi) is 7.47. The summed E-state index contributed by atoms with van der Waals surface area (Å²) in [5.41, 5.74) is 3.28. The van der Waals surface area contributed by atoms with E-state index in [1.807, 2.05) is 13.8 Å². The third kappa shape index (κ3) is 5.85. The Labute approximate surface area is 165 Å². The van der Waals surface area contributed by atoms with Crippen LogP contribution < -0.4 is 10.6 Å². The summed E-state index contributed by atoms with van der Waals surface area (Å²) in [6, 6.07) is 6.94. The van der Waals surface area contributed by atoms with Crippen LogP contribution in [0.4, 0.5) is 5.69 Å². The molecule has 0 bridgehead atoms. The van der Waals surface area contributed by atoms with Gasteiger partial charge in [0.05, 0.1) is 11.4 Å². The van der Waals surface area contributed by atoms with Crippen LogP contribution in [-0.2, 0) is 11.3 Å². The Morgan fingerprint density at radius 3 is 2.67 bits per heavy atom. The van der Waals surface area contributed by atoms with Gasteiger partial charge in [-0.15, -0.1) is 0 Å². The van der Waals surface area contributed by atoms with E-state index in [0.717, 1.165) is 23.1 Å². The van der Waals surface area contributed by atoms with Gasteiger partial charge in [0.15, 0.2) is 5.16 Å². The molecule has 2 rings (SSSR count). The number of aromatic nitrogens is 2. The van der Waals surface area contributed by atoms with Crippen molar-refractivity contribution >= 4 is 29.3 Å². The number of hydrogen-bond donors (Lipinski definition) is 2. The van der Waals surface area contributed by atoms with Crippen LogP contribution in [0, 0.1) is 19.8 Å². The highest BCUT2D eigenvalue weighted by molar-refractivity contribution is 7.99. The minimum atomic E-state index is -0.148. The van der Waals surface area contributed by atoms with Gasteiger partial charge in [0.2, 0.25) is 5.91 Å². The molecule has 0 unspecified atom stereocenters. The SMILES string of the molecule is CCNC(=O)c1cccc(NC(=O)CSc2nc(C)c(C)n2CC(C)C)c1. The highest BCUT2D eigenvalue weighted by atomic mass is 32.2. The largest absolute Gasteiger partial charge is 0.352 e. The summed E-state index contributed by atoms with van der Waals surface area (Å²) in [7, 11) is 0. The molecule has 0 atom stereocenters. The Bertz CT molecular complexity index is 814. The lowest BCUT2D eigenvalue weighted by Crippen LogP contribution is -2.23. The van der Waals surface area contributed by atoms with Crippen molar-refractivity contribution < 1.29 is 9.59 Å². The number of nitrogens with one attached hydrogen (secondary N) is 2. The molecule has 0 saturated heterocycles. The number of benzene rings is 1. The Morgan fingerprint density at radius 2 is 2.00 bits per heavy atom. The van der Waals surface area contributed by atoms with Crippen LogP contribution in [-0.4, -0.2) is 33.7 Å². The predicted octanol–water partition coefficient (Wildman–Crippen LogP) is 3.64. The van der Waals surface area contributed by atoms with Crippen molar-refractivity contribution in [2.45, 2.75) is 46.3 Å². The fourth-order valence-electron chi connectivity index (χ4n) is 2.64. The van der Waals surface area contributed by atoms with Crippen molar-refractivity contribution in [3.8, 4) is 0 Å². The smallest absolute Gasteiger partial charge is 0.251 e. The van der Waals surface area contributed by atoms with Gasteiger partial charge in [-0.05, 0) is 44.9 Å². The number of imidazole rings is 1. The molecule has 7 heteroatoms. The van der Waals surface area contributed by atoms with Crippen LogP contribution in [0.3, 0.4) is 0 Å². The summed E-state index contributed by atoms with van der Waals surface area (Å²) < 4.78 is 2.17. The van der Waals surface area contributed by atoms with Crippen LogP contribution in [0.15, 0.2) is 29.4 Å². The molecule has 27 heavy (non-hydrogen) atoms. The molecule has 0 fully saturated rings. The normalized spacial score (nSPS) is 10.9. The zero-order valence-corrected chi connectivity index (χ0v) is 17.4. The second-order valence-corrected chi connectivity index (χ2v) is 7.79. The van der Waals surface area contributed by atoms with E-state index in [4.69, 9.17) is 0 Å². The van der Waals surface area contributed by atoms with E-state index >= 15 is 0 Å². The maximum absolute atomic E-state index is 12.3. The van der Waals surface area contributed by atoms with Gasteiger partial charge in [0.1, 0.15) is 0 Å². The molecule has 2 amide bonds. The molecule has 0 saturated carbocycles. The minimum absolute atomic E-state index is 0.123.